The van der Waals surface area contributed by atoms with Crippen molar-refractivity contribution in [3.8, 4) is 0 Å². The summed E-state index contributed by atoms with van der Waals surface area (Å²) in [6.07, 6.45) is 0. The van der Waals surface area contributed by atoms with Gasteiger partial charge in [-0.15, -0.1) is 0 Å². The molecule has 0 saturated carbocycles. The summed E-state index contributed by atoms with van der Waals surface area (Å²) in [4.78, 5) is 0. The van der Waals surface area contributed by atoms with Crippen LogP contribution in [0.1, 0.15) is 0 Å². The Labute approximate surface area is 90.5 Å². The first-order valence-corrected chi connectivity index (χ1v) is 2.54. The van der Waals surface area contributed by atoms with Crippen LogP contribution in [-0.4, -0.2) is 0 Å². The van der Waals surface area contributed by atoms with Crippen molar-refractivity contribution in [2.45, 2.75) is 0 Å². The van der Waals surface area contributed by atoms with E-state index in [1.165, 1.54) is 0 Å². The minimum atomic E-state index is -5.62. The molecular weight excluding hydrogens is 281 g/mol. The summed E-state index contributed by atoms with van der Waals surface area (Å²) in [5.41, 5.74) is 0. The zero-order valence-corrected chi connectivity index (χ0v) is 7.63. The molecule has 0 rings (SSSR count). The van der Waals surface area contributed by atoms with Gasteiger partial charge in [0.2, 0.25) is 0 Å². The van der Waals surface area contributed by atoms with Gasteiger partial charge in [0, 0.05) is 9.41 Å². The van der Waals surface area contributed by atoms with Crippen LogP contribution < -0.4 is 27.2 Å². The van der Waals surface area contributed by atoms with Gasteiger partial charge >= 0.3 is 81.5 Å². The van der Waals surface area contributed by atoms with E-state index in [1.807, 2.05) is 0 Å². The molecular formula is CoF2LiMnNiO4+3. The third kappa shape index (κ3) is 306. The van der Waals surface area contributed by atoms with Crippen LogP contribution in [0.3, 0.4) is 0 Å². The van der Waals surface area contributed by atoms with E-state index in [0.29, 0.717) is 0 Å². The van der Waals surface area contributed by atoms with E-state index in [1.54, 1.807) is 0 Å². The van der Waals surface area contributed by atoms with Gasteiger partial charge in [0.1, 0.15) is 0 Å². The maximum atomic E-state index is 8.58. The van der Waals surface area contributed by atoms with Gasteiger partial charge in [-0.2, -0.15) is 0 Å². The van der Waals surface area contributed by atoms with Crippen LogP contribution in [0.5, 0.6) is 0 Å². The van der Waals surface area contributed by atoms with Gasteiger partial charge in [-0.3, -0.25) is 0 Å². The average Bonchev–Trinajstić information content (AvgIpc) is 0.722. The molecule has 0 fully saturated rings. The summed E-state index contributed by atoms with van der Waals surface area (Å²) in [6, 6.07) is 0. The fraction of sp³-hybridized carbons (Fsp3) is 0. The molecule has 0 N–H and O–H groups in total. The molecule has 62 valence electrons. The molecule has 4 nitrogen and oxygen atoms in total. The van der Waals surface area contributed by atoms with E-state index < -0.39 is 13.4 Å². The molecule has 0 aromatic carbocycles. The minimum absolute atomic E-state index is 0. The van der Waals surface area contributed by atoms with E-state index in [9.17, 15) is 0 Å². The zero-order valence-electron chi connectivity index (χ0n) is 4.42. The molecule has 0 aromatic heterocycles. The fourth-order valence-electron chi connectivity index (χ4n) is 0. The van der Waals surface area contributed by atoms with Crippen LogP contribution in [0, 0.1) is 0 Å². The summed E-state index contributed by atoms with van der Waals surface area (Å²) in [6.45, 7) is 0. The first-order chi connectivity index (χ1) is 2.00. The zero-order chi connectivity index (χ0) is 4.50. The standard InChI is InChI=1S/Co.2F.Li.Mn.Ni.4O/q+2;;;+1;;+2;;;2*-1. The predicted molar refractivity (Wildman–Crippen MR) is 3.59 cm³/mol. The summed E-state index contributed by atoms with van der Waals surface area (Å²) in [7, 11) is 0. The first-order valence-electron chi connectivity index (χ1n) is 0.617. The van der Waals surface area contributed by atoms with Crippen molar-refractivity contribution in [2.24, 2.45) is 0 Å². The second kappa shape index (κ2) is 16.8. The van der Waals surface area contributed by atoms with Crippen molar-refractivity contribution < 1.29 is 91.0 Å². The second-order valence-corrected chi connectivity index (χ2v) is 1.56. The van der Waals surface area contributed by atoms with Crippen molar-refractivity contribution in [3.05, 3.63) is 0 Å². The van der Waals surface area contributed by atoms with Crippen molar-refractivity contribution in [1.29, 1.82) is 0 Å². The van der Waals surface area contributed by atoms with E-state index in [0.717, 1.165) is 0 Å². The first kappa shape index (κ1) is 41.9. The monoisotopic (exact) mass is 281 g/mol. The Hall–Kier alpha value is 1.50. The van der Waals surface area contributed by atoms with Crippen molar-refractivity contribution in [1.82, 2.24) is 0 Å². The second-order valence-electron chi connectivity index (χ2n) is 0.378. The Morgan fingerprint density at radius 1 is 1.00 bits per heavy atom. The van der Waals surface area contributed by atoms with E-state index in [4.69, 9.17) is 16.0 Å². The Bertz CT molecular complexity index is 106. The van der Waals surface area contributed by atoms with Gasteiger partial charge in [-0.05, 0) is 0 Å². The van der Waals surface area contributed by atoms with E-state index in [-0.39, 0.29) is 61.5 Å². The van der Waals surface area contributed by atoms with E-state index >= 15 is 0 Å². The molecule has 0 aliphatic rings. The van der Waals surface area contributed by atoms with Gasteiger partial charge in [0.25, 0.3) is 0 Å². The van der Waals surface area contributed by atoms with Crippen molar-refractivity contribution in [3.63, 3.8) is 0 Å². The van der Waals surface area contributed by atoms with Crippen LogP contribution in [0.25, 0.3) is 0 Å². The third-order valence-corrected chi connectivity index (χ3v) is 0. The van der Waals surface area contributed by atoms with Gasteiger partial charge in [0.05, 0.1) is 0 Å². The van der Waals surface area contributed by atoms with Crippen LogP contribution in [0.15, 0.2) is 0 Å². The molecule has 10 heteroatoms. The molecule has 0 bridgehead atoms. The molecule has 0 heterocycles. The molecule has 3 radical (unpaired) electrons. The molecule has 0 unspecified atom stereocenters. The summed E-state index contributed by atoms with van der Waals surface area (Å²) in [5, 5.41) is 0. The van der Waals surface area contributed by atoms with Crippen LogP contribution in [-0.2, 0) is 54.3 Å². The SMILES string of the molecule is [Co+2].[F].[F].[Li+].[Ni+2].[O]=[Mn](=[O])([O-])[O-]. The Balaban J connectivity index is -0.00000000800. The quantitative estimate of drug-likeness (QED) is 0.418. The van der Waals surface area contributed by atoms with Crippen LogP contribution in [0.4, 0.5) is 9.41 Å². The molecule has 0 spiro atoms. The molecule has 0 amide bonds. The van der Waals surface area contributed by atoms with Gasteiger partial charge in [-0.1, -0.05) is 0 Å². The maximum absolute atomic E-state index is 8.58. The normalized spacial score (nSPS) is 5.80. The van der Waals surface area contributed by atoms with Crippen molar-refractivity contribution >= 4 is 0 Å². The number of hydrogen-bond donors (Lipinski definition) is 0. The summed E-state index contributed by atoms with van der Waals surface area (Å²) < 4.78 is 34.3. The molecule has 0 aliphatic carbocycles. The number of halogens is 2. The topological polar surface area (TPSA) is 80.3 Å². The summed E-state index contributed by atoms with van der Waals surface area (Å²) in [5.74, 6) is 0. The average molecular weight is 281 g/mol. The third-order valence-electron chi connectivity index (χ3n) is 0. The molecule has 0 aliphatic heterocycles. The number of rotatable bonds is 0. The fourth-order valence-corrected chi connectivity index (χ4v) is 0. The molecule has 0 atom stereocenters. The summed E-state index contributed by atoms with van der Waals surface area (Å²) >= 11 is -5.62. The Kier molecular flexibility index (Phi) is 70.6. The molecule has 0 saturated heterocycles. The van der Waals surface area contributed by atoms with Crippen LogP contribution >= 0.6 is 0 Å². The molecule has 10 heavy (non-hydrogen) atoms. The van der Waals surface area contributed by atoms with Gasteiger partial charge in [-0.25, -0.2) is 0 Å². The Morgan fingerprint density at radius 2 is 1.00 bits per heavy atom. The van der Waals surface area contributed by atoms with Gasteiger partial charge in [0.15, 0.2) is 0 Å². The predicted octanol–water partition coefficient (Wildman–Crippen LogP) is -4.78. The number of hydrogen-bond acceptors (Lipinski definition) is 4. The molecule has 0 aromatic rings. The Morgan fingerprint density at radius 3 is 1.00 bits per heavy atom. The van der Waals surface area contributed by atoms with Gasteiger partial charge < -0.3 is 0 Å². The van der Waals surface area contributed by atoms with Crippen LogP contribution in [0.2, 0.25) is 0 Å². The van der Waals surface area contributed by atoms with E-state index in [2.05, 4.69) is 0 Å². The van der Waals surface area contributed by atoms with Crippen molar-refractivity contribution in [2.75, 3.05) is 0 Å².